The van der Waals surface area contributed by atoms with E-state index < -0.39 is 4.92 Å². The number of nitro benzene ring substituents is 1. The van der Waals surface area contributed by atoms with Crippen molar-refractivity contribution in [2.45, 2.75) is 45.6 Å². The molecule has 1 N–H and O–H groups in total. The van der Waals surface area contributed by atoms with Gasteiger partial charge in [-0.25, -0.2) is 0 Å². The van der Waals surface area contributed by atoms with Gasteiger partial charge in [0.1, 0.15) is 0 Å². The SMILES string of the molecule is CC(C)Oc1cc(NCCCC2CC2)ccc1[N+](=O)[O-]. The lowest BCUT2D eigenvalue weighted by Gasteiger charge is -2.12. The predicted molar refractivity (Wildman–Crippen MR) is 79.3 cm³/mol. The van der Waals surface area contributed by atoms with E-state index in [4.69, 9.17) is 4.74 Å². The van der Waals surface area contributed by atoms with Gasteiger partial charge in [0.2, 0.25) is 0 Å². The first kappa shape index (κ1) is 14.6. The predicted octanol–water partition coefficient (Wildman–Crippen LogP) is 3.98. The van der Waals surface area contributed by atoms with Crippen LogP contribution >= 0.6 is 0 Å². The second-order valence-electron chi connectivity index (χ2n) is 5.62. The van der Waals surface area contributed by atoms with E-state index in [-0.39, 0.29) is 11.8 Å². The zero-order valence-electron chi connectivity index (χ0n) is 12.1. The maximum atomic E-state index is 11.0. The number of benzene rings is 1. The highest BCUT2D eigenvalue weighted by atomic mass is 16.6. The minimum Gasteiger partial charge on any atom is -0.484 e. The molecule has 20 heavy (non-hydrogen) atoms. The average Bonchev–Trinajstić information content (AvgIpc) is 3.18. The molecule has 0 amide bonds. The van der Waals surface area contributed by atoms with Crippen molar-refractivity contribution in [2.75, 3.05) is 11.9 Å². The Labute approximate surface area is 119 Å². The Balaban J connectivity index is 1.95. The van der Waals surface area contributed by atoms with Crippen molar-refractivity contribution in [1.29, 1.82) is 0 Å². The summed E-state index contributed by atoms with van der Waals surface area (Å²) in [5, 5.41) is 14.3. The summed E-state index contributed by atoms with van der Waals surface area (Å²) in [4.78, 5) is 10.6. The number of nitrogens with zero attached hydrogens (tertiary/aromatic N) is 1. The summed E-state index contributed by atoms with van der Waals surface area (Å²) in [5.74, 6) is 1.27. The number of hydrogen-bond acceptors (Lipinski definition) is 4. The molecule has 1 aliphatic carbocycles. The summed E-state index contributed by atoms with van der Waals surface area (Å²) in [6.07, 6.45) is 5.09. The maximum absolute atomic E-state index is 11.0. The summed E-state index contributed by atoms with van der Waals surface area (Å²) in [5.41, 5.74) is 0.893. The molecule has 2 rings (SSSR count). The van der Waals surface area contributed by atoms with Crippen LogP contribution in [-0.4, -0.2) is 17.6 Å². The van der Waals surface area contributed by atoms with Crippen molar-refractivity contribution < 1.29 is 9.66 Å². The van der Waals surface area contributed by atoms with Gasteiger partial charge in [-0.15, -0.1) is 0 Å². The van der Waals surface area contributed by atoms with E-state index in [0.29, 0.717) is 5.75 Å². The average molecular weight is 278 g/mol. The minimum atomic E-state index is -0.408. The van der Waals surface area contributed by atoms with Gasteiger partial charge in [0.15, 0.2) is 5.75 Å². The van der Waals surface area contributed by atoms with Gasteiger partial charge in [-0.05, 0) is 38.7 Å². The molecule has 110 valence electrons. The molecule has 1 fully saturated rings. The fourth-order valence-corrected chi connectivity index (χ4v) is 2.15. The second-order valence-corrected chi connectivity index (χ2v) is 5.62. The van der Waals surface area contributed by atoms with Crippen LogP contribution in [0.4, 0.5) is 11.4 Å². The summed E-state index contributed by atoms with van der Waals surface area (Å²) < 4.78 is 5.52. The molecule has 0 aliphatic heterocycles. The lowest BCUT2D eigenvalue weighted by Crippen LogP contribution is -2.08. The topological polar surface area (TPSA) is 64.4 Å². The van der Waals surface area contributed by atoms with E-state index in [9.17, 15) is 10.1 Å². The Morgan fingerprint density at radius 2 is 2.20 bits per heavy atom. The summed E-state index contributed by atoms with van der Waals surface area (Å²) in [6.45, 7) is 4.62. The zero-order valence-corrected chi connectivity index (χ0v) is 12.1. The Morgan fingerprint density at radius 3 is 2.80 bits per heavy atom. The first-order valence-corrected chi connectivity index (χ1v) is 7.25. The second kappa shape index (κ2) is 6.59. The third-order valence-electron chi connectivity index (χ3n) is 3.33. The Hall–Kier alpha value is -1.78. The summed E-state index contributed by atoms with van der Waals surface area (Å²) >= 11 is 0. The molecular weight excluding hydrogens is 256 g/mol. The summed E-state index contributed by atoms with van der Waals surface area (Å²) in [7, 11) is 0. The highest BCUT2D eigenvalue weighted by Crippen LogP contribution is 2.34. The third kappa shape index (κ3) is 4.40. The Bertz CT molecular complexity index is 470. The molecule has 0 bridgehead atoms. The number of nitrogens with one attached hydrogen (secondary N) is 1. The lowest BCUT2D eigenvalue weighted by atomic mass is 10.2. The molecule has 1 saturated carbocycles. The van der Waals surface area contributed by atoms with Crippen LogP contribution in [0.1, 0.15) is 39.5 Å². The van der Waals surface area contributed by atoms with Crippen LogP contribution in [0.15, 0.2) is 18.2 Å². The molecule has 0 spiro atoms. The molecule has 1 aliphatic rings. The zero-order chi connectivity index (χ0) is 14.5. The van der Waals surface area contributed by atoms with Gasteiger partial charge in [0, 0.05) is 24.4 Å². The number of anilines is 1. The largest absolute Gasteiger partial charge is 0.484 e. The first-order chi connectivity index (χ1) is 9.56. The van der Waals surface area contributed by atoms with Gasteiger partial charge in [-0.2, -0.15) is 0 Å². The van der Waals surface area contributed by atoms with Crippen LogP contribution in [0.5, 0.6) is 5.75 Å². The van der Waals surface area contributed by atoms with Crippen LogP contribution in [0, 0.1) is 16.0 Å². The monoisotopic (exact) mass is 278 g/mol. The molecule has 0 aromatic heterocycles. The normalized spacial score (nSPS) is 14.3. The fraction of sp³-hybridized carbons (Fsp3) is 0.600. The van der Waals surface area contributed by atoms with Crippen molar-refractivity contribution in [3.05, 3.63) is 28.3 Å². The number of hydrogen-bond donors (Lipinski definition) is 1. The van der Waals surface area contributed by atoms with Gasteiger partial charge in [0.05, 0.1) is 11.0 Å². The molecule has 1 aromatic rings. The molecule has 1 aromatic carbocycles. The highest BCUT2D eigenvalue weighted by molar-refractivity contribution is 5.58. The van der Waals surface area contributed by atoms with Crippen LogP contribution in [0.25, 0.3) is 0 Å². The minimum absolute atomic E-state index is 0.0160. The quantitative estimate of drug-likeness (QED) is 0.443. The molecule has 0 unspecified atom stereocenters. The Morgan fingerprint density at radius 1 is 1.45 bits per heavy atom. The molecule has 0 radical (unpaired) electrons. The number of rotatable bonds is 8. The van der Waals surface area contributed by atoms with Gasteiger partial charge in [0.25, 0.3) is 0 Å². The lowest BCUT2D eigenvalue weighted by molar-refractivity contribution is -0.386. The van der Waals surface area contributed by atoms with Crippen LogP contribution in [0.3, 0.4) is 0 Å². The van der Waals surface area contributed by atoms with Crippen molar-refractivity contribution in [3.8, 4) is 5.75 Å². The van der Waals surface area contributed by atoms with Gasteiger partial charge >= 0.3 is 5.69 Å². The van der Waals surface area contributed by atoms with Crippen molar-refractivity contribution in [3.63, 3.8) is 0 Å². The first-order valence-electron chi connectivity index (χ1n) is 7.25. The van der Waals surface area contributed by atoms with Crippen molar-refractivity contribution in [1.82, 2.24) is 0 Å². The van der Waals surface area contributed by atoms with Crippen molar-refractivity contribution >= 4 is 11.4 Å². The van der Waals surface area contributed by atoms with Crippen LogP contribution in [0.2, 0.25) is 0 Å². The van der Waals surface area contributed by atoms with Gasteiger partial charge < -0.3 is 10.1 Å². The molecule has 5 nitrogen and oxygen atoms in total. The molecule has 0 saturated heterocycles. The van der Waals surface area contributed by atoms with E-state index in [2.05, 4.69) is 5.32 Å². The summed E-state index contributed by atoms with van der Waals surface area (Å²) in [6, 6.07) is 4.96. The molecule has 5 heteroatoms. The number of nitro groups is 1. The molecular formula is C15H22N2O3. The van der Waals surface area contributed by atoms with Gasteiger partial charge in [-0.1, -0.05) is 12.8 Å². The molecule has 0 atom stereocenters. The van der Waals surface area contributed by atoms with E-state index in [1.807, 2.05) is 13.8 Å². The van der Waals surface area contributed by atoms with E-state index in [1.54, 1.807) is 12.1 Å². The van der Waals surface area contributed by atoms with Gasteiger partial charge in [-0.3, -0.25) is 10.1 Å². The smallest absolute Gasteiger partial charge is 0.311 e. The third-order valence-corrected chi connectivity index (χ3v) is 3.33. The van der Waals surface area contributed by atoms with E-state index in [0.717, 1.165) is 24.6 Å². The van der Waals surface area contributed by atoms with Crippen LogP contribution < -0.4 is 10.1 Å². The fourth-order valence-electron chi connectivity index (χ4n) is 2.15. The number of ether oxygens (including phenoxy) is 1. The highest BCUT2D eigenvalue weighted by Gasteiger charge is 2.20. The van der Waals surface area contributed by atoms with E-state index in [1.165, 1.54) is 25.3 Å². The van der Waals surface area contributed by atoms with Crippen LogP contribution in [-0.2, 0) is 0 Å². The van der Waals surface area contributed by atoms with Crippen molar-refractivity contribution in [2.24, 2.45) is 5.92 Å². The Kier molecular flexibility index (Phi) is 4.82. The molecule has 0 heterocycles. The maximum Gasteiger partial charge on any atom is 0.311 e. The van der Waals surface area contributed by atoms with E-state index >= 15 is 0 Å². The standard InChI is InChI=1S/C15H22N2O3/c1-11(2)20-15-10-13(7-8-14(15)17(18)19)16-9-3-4-12-5-6-12/h7-8,10-12,16H,3-6,9H2,1-2H3.